The molecule has 2 heterocycles. The quantitative estimate of drug-likeness (QED) is 0.299. The minimum absolute atomic E-state index is 0.167. The molecule has 2 aliphatic heterocycles. The van der Waals surface area contributed by atoms with Gasteiger partial charge in [0.25, 0.3) is 15.9 Å². The van der Waals surface area contributed by atoms with Gasteiger partial charge in [0.15, 0.2) is 0 Å². The van der Waals surface area contributed by atoms with Crippen LogP contribution in [0.3, 0.4) is 0 Å². The van der Waals surface area contributed by atoms with Gasteiger partial charge in [0, 0.05) is 18.2 Å². The number of carbonyl (C=O) groups is 4. The fourth-order valence-electron chi connectivity index (χ4n) is 5.50. The second kappa shape index (κ2) is 12.3. The molecule has 1 saturated carbocycles. The minimum Gasteiger partial charge on any atom is -0.444 e. The number of hydrogen-bond acceptors (Lipinski definition) is 8. The van der Waals surface area contributed by atoms with Crippen molar-refractivity contribution in [2.24, 2.45) is 5.92 Å². The van der Waals surface area contributed by atoms with Crippen LogP contribution in [-0.4, -0.2) is 66.9 Å². The number of anilines is 1. The van der Waals surface area contributed by atoms with E-state index in [1.807, 2.05) is 12.2 Å². The van der Waals surface area contributed by atoms with Gasteiger partial charge < -0.3 is 26.0 Å². The Bertz CT molecular complexity index is 1360. The number of nitrogens with zero attached hydrogens (tertiary/aromatic N) is 1. The summed E-state index contributed by atoms with van der Waals surface area (Å²) in [7, 11) is -4.26. The molecular weight excluding hydrogens is 562 g/mol. The van der Waals surface area contributed by atoms with Crippen molar-refractivity contribution in [1.82, 2.24) is 20.3 Å². The molecule has 3 aliphatic rings. The van der Waals surface area contributed by atoms with E-state index in [1.54, 1.807) is 20.8 Å². The smallest absolute Gasteiger partial charge is 0.408 e. The van der Waals surface area contributed by atoms with E-state index in [4.69, 9.17) is 10.5 Å². The summed E-state index contributed by atoms with van der Waals surface area (Å²) in [5.41, 5.74) is 3.73. The second-order valence-corrected chi connectivity index (χ2v) is 13.9. The summed E-state index contributed by atoms with van der Waals surface area (Å²) >= 11 is 0. The van der Waals surface area contributed by atoms with Crippen molar-refractivity contribution in [3.05, 3.63) is 36.4 Å². The van der Waals surface area contributed by atoms with Crippen molar-refractivity contribution in [3.63, 3.8) is 0 Å². The van der Waals surface area contributed by atoms with Crippen molar-refractivity contribution in [2.45, 2.75) is 100 Å². The number of rotatable bonds is 4. The van der Waals surface area contributed by atoms with Gasteiger partial charge in [0.2, 0.25) is 11.8 Å². The molecule has 0 bridgehead atoms. The van der Waals surface area contributed by atoms with Gasteiger partial charge in [-0.3, -0.25) is 14.4 Å². The highest BCUT2D eigenvalue weighted by Gasteiger charge is 2.61. The number of alkyl carbamates (subject to hydrolysis) is 1. The lowest BCUT2D eigenvalue weighted by Crippen LogP contribution is -2.58. The van der Waals surface area contributed by atoms with Gasteiger partial charge in [-0.15, -0.1) is 0 Å². The Morgan fingerprint density at radius 3 is 2.60 bits per heavy atom. The van der Waals surface area contributed by atoms with E-state index in [-0.39, 0.29) is 22.9 Å². The van der Waals surface area contributed by atoms with Gasteiger partial charge in [-0.1, -0.05) is 31.1 Å². The van der Waals surface area contributed by atoms with Crippen LogP contribution in [0.1, 0.15) is 72.1 Å². The molecule has 13 heteroatoms. The van der Waals surface area contributed by atoms with Crippen LogP contribution in [-0.2, 0) is 29.1 Å². The van der Waals surface area contributed by atoms with Gasteiger partial charge in [-0.05, 0) is 77.5 Å². The van der Waals surface area contributed by atoms with E-state index >= 15 is 0 Å². The van der Waals surface area contributed by atoms with Gasteiger partial charge in [-0.25, -0.2) is 17.9 Å². The maximum atomic E-state index is 13.7. The number of benzene rings is 1. The molecule has 1 saturated heterocycles. The van der Waals surface area contributed by atoms with Crippen LogP contribution in [0.4, 0.5) is 10.5 Å². The number of nitrogens with two attached hydrogens (primary N) is 1. The first-order chi connectivity index (χ1) is 19.7. The zero-order chi connectivity index (χ0) is 30.7. The van der Waals surface area contributed by atoms with Crippen molar-refractivity contribution in [1.29, 1.82) is 0 Å². The molecule has 2 fully saturated rings. The summed E-state index contributed by atoms with van der Waals surface area (Å²) < 4.78 is 33.5. The van der Waals surface area contributed by atoms with E-state index in [0.717, 1.165) is 12.8 Å². The Balaban J connectivity index is 1.56. The molecular formula is C29H41N5O7S. The van der Waals surface area contributed by atoms with Crippen molar-refractivity contribution < 1.29 is 32.3 Å². The third-order valence-electron chi connectivity index (χ3n) is 7.72. The fourth-order valence-corrected chi connectivity index (χ4v) is 6.59. The molecule has 0 aromatic heterocycles. The molecule has 1 aromatic rings. The molecule has 1 aliphatic carbocycles. The molecule has 230 valence electrons. The van der Waals surface area contributed by atoms with E-state index < -0.39 is 57.1 Å². The predicted molar refractivity (Wildman–Crippen MR) is 155 cm³/mol. The normalized spacial score (nSPS) is 27.8. The summed E-state index contributed by atoms with van der Waals surface area (Å²) in [6.07, 6.45) is 7.63. The number of hydrogen-bond donors (Lipinski definition) is 4. The monoisotopic (exact) mass is 603 g/mol. The van der Waals surface area contributed by atoms with Crippen molar-refractivity contribution in [3.8, 4) is 0 Å². The van der Waals surface area contributed by atoms with Crippen LogP contribution in [0.2, 0.25) is 0 Å². The molecule has 0 spiro atoms. The minimum atomic E-state index is -4.26. The van der Waals surface area contributed by atoms with Crippen LogP contribution < -0.4 is 21.1 Å². The third kappa shape index (κ3) is 7.42. The summed E-state index contributed by atoms with van der Waals surface area (Å²) in [5, 5.41) is 5.50. The Kier molecular flexibility index (Phi) is 9.19. The lowest BCUT2D eigenvalue weighted by molar-refractivity contribution is -0.141. The predicted octanol–water partition coefficient (Wildman–Crippen LogP) is 2.35. The first kappa shape index (κ1) is 31.3. The summed E-state index contributed by atoms with van der Waals surface area (Å²) in [6.45, 7) is 5.51. The highest BCUT2D eigenvalue weighted by atomic mass is 32.2. The zero-order valence-electron chi connectivity index (χ0n) is 24.4. The Labute approximate surface area is 246 Å². The highest BCUT2D eigenvalue weighted by Crippen LogP contribution is 2.45. The van der Waals surface area contributed by atoms with E-state index in [1.165, 1.54) is 29.2 Å². The van der Waals surface area contributed by atoms with Crippen LogP contribution >= 0.6 is 0 Å². The second-order valence-electron chi connectivity index (χ2n) is 12.2. The standard InChI is InChI=1S/C29H41N5O7S/c1-28(2,3)41-27(38)31-22-14-8-6-4-5-7-11-19-18-29(19,32-24(35)23-15-10-16-34(23)25(22)36)26(37)33-42(39,40)21-13-9-12-20(30)17-21/h7,9,11-13,17,19,22-23H,4-6,8,10,14-16,18,30H2,1-3H3,(H,31,38)(H,32,35)(H,33,37)/b11-7-/t19-,22+,23+,29-/m1/s1. The summed E-state index contributed by atoms with van der Waals surface area (Å²) in [6, 6.07) is 3.83. The van der Waals surface area contributed by atoms with Crippen LogP contribution in [0, 0.1) is 5.92 Å². The van der Waals surface area contributed by atoms with E-state index in [2.05, 4.69) is 15.4 Å². The van der Waals surface area contributed by atoms with Gasteiger partial charge in [0.1, 0.15) is 23.2 Å². The maximum Gasteiger partial charge on any atom is 0.408 e. The van der Waals surface area contributed by atoms with Crippen LogP contribution in [0.25, 0.3) is 0 Å². The molecule has 12 nitrogen and oxygen atoms in total. The average molecular weight is 604 g/mol. The lowest BCUT2D eigenvalue weighted by Gasteiger charge is -2.30. The number of allylic oxidation sites excluding steroid dienone is 1. The number of amides is 4. The topological polar surface area (TPSA) is 177 Å². The van der Waals surface area contributed by atoms with E-state index in [0.29, 0.717) is 38.6 Å². The molecule has 5 N–H and O–H groups in total. The number of nitrogen functional groups attached to an aromatic ring is 1. The summed E-state index contributed by atoms with van der Waals surface area (Å²) in [4.78, 5) is 54.7. The molecule has 0 unspecified atom stereocenters. The van der Waals surface area contributed by atoms with E-state index in [9.17, 15) is 27.6 Å². The number of sulfonamides is 1. The Hall–Kier alpha value is -3.61. The first-order valence-corrected chi connectivity index (χ1v) is 15.9. The van der Waals surface area contributed by atoms with Crippen molar-refractivity contribution in [2.75, 3.05) is 12.3 Å². The zero-order valence-corrected chi connectivity index (χ0v) is 25.2. The average Bonchev–Trinajstić information content (AvgIpc) is 3.35. The van der Waals surface area contributed by atoms with Crippen molar-refractivity contribution >= 4 is 39.5 Å². The number of ether oxygens (including phenoxy) is 1. The molecule has 4 amide bonds. The number of carbonyl (C=O) groups excluding carboxylic acids is 4. The molecule has 42 heavy (non-hydrogen) atoms. The molecule has 4 rings (SSSR count). The first-order valence-electron chi connectivity index (χ1n) is 14.4. The van der Waals surface area contributed by atoms with Gasteiger partial charge in [-0.2, -0.15) is 0 Å². The Morgan fingerprint density at radius 2 is 1.88 bits per heavy atom. The third-order valence-corrected chi connectivity index (χ3v) is 9.05. The molecule has 4 atom stereocenters. The maximum absolute atomic E-state index is 13.7. The fraction of sp³-hybridized carbons (Fsp3) is 0.586. The van der Waals surface area contributed by atoms with Gasteiger partial charge >= 0.3 is 6.09 Å². The molecule has 1 aromatic carbocycles. The van der Waals surface area contributed by atoms with Crippen LogP contribution in [0.5, 0.6) is 0 Å². The van der Waals surface area contributed by atoms with Gasteiger partial charge in [0.05, 0.1) is 4.90 Å². The number of fused-ring (bicyclic) bond motifs is 2. The largest absolute Gasteiger partial charge is 0.444 e. The summed E-state index contributed by atoms with van der Waals surface area (Å²) in [5.74, 6) is -2.19. The van der Waals surface area contributed by atoms with Crippen LogP contribution in [0.15, 0.2) is 41.3 Å². The Morgan fingerprint density at radius 1 is 1.12 bits per heavy atom. The molecule has 0 radical (unpaired) electrons. The number of nitrogens with one attached hydrogen (secondary N) is 3. The highest BCUT2D eigenvalue weighted by molar-refractivity contribution is 7.90. The lowest BCUT2D eigenvalue weighted by atomic mass is 10.0. The SMILES string of the molecule is CC(C)(C)OC(=O)N[C@H]1CCCCC/C=C\[C@@H]2C[C@@]2(C(=O)NS(=O)(=O)c2cccc(N)c2)NC(=O)[C@@H]2CCCN2C1=O.